The first-order valence-corrected chi connectivity index (χ1v) is 15.7. The van der Waals surface area contributed by atoms with Crippen molar-refractivity contribution < 1.29 is 18.9 Å². The number of nitriles is 1. The molecule has 2 aliphatic rings. The first-order valence-electron chi connectivity index (χ1n) is 15.3. The predicted molar refractivity (Wildman–Crippen MR) is 173 cm³/mol. The molecule has 0 bridgehead atoms. The van der Waals surface area contributed by atoms with Gasteiger partial charge in [0, 0.05) is 24.2 Å². The minimum absolute atomic E-state index is 0.343. The maximum atomic E-state index is 9.33. The molecule has 44 heavy (non-hydrogen) atoms. The lowest BCUT2D eigenvalue weighted by molar-refractivity contribution is 0.150. The Morgan fingerprint density at radius 2 is 1.70 bits per heavy atom. The van der Waals surface area contributed by atoms with E-state index in [0.717, 1.165) is 63.7 Å². The Bertz CT molecular complexity index is 1680. The molecule has 6 nitrogen and oxygen atoms in total. The van der Waals surface area contributed by atoms with E-state index in [0.29, 0.717) is 48.8 Å². The molecular weight excluding hydrogens is 572 g/mol. The minimum Gasteiger partial charge on any atom is -0.488 e. The van der Waals surface area contributed by atoms with Crippen LogP contribution in [0.3, 0.4) is 0 Å². The molecule has 0 aromatic heterocycles. The van der Waals surface area contributed by atoms with Crippen molar-refractivity contribution in [3.05, 3.63) is 106 Å². The molecule has 4 aromatic rings. The summed E-state index contributed by atoms with van der Waals surface area (Å²) in [4.78, 5) is 2.49. The van der Waals surface area contributed by atoms with Gasteiger partial charge in [0.25, 0.3) is 0 Å². The summed E-state index contributed by atoms with van der Waals surface area (Å²) in [6, 6.07) is 26.4. The zero-order valence-corrected chi connectivity index (χ0v) is 26.0. The quantitative estimate of drug-likeness (QED) is 0.190. The lowest BCUT2D eigenvalue weighted by atomic mass is 9.96. The van der Waals surface area contributed by atoms with Gasteiger partial charge in [0.15, 0.2) is 11.5 Å². The molecule has 4 aromatic carbocycles. The van der Waals surface area contributed by atoms with Crippen LogP contribution in [0.5, 0.6) is 23.0 Å². The largest absolute Gasteiger partial charge is 0.488 e. The maximum absolute atomic E-state index is 9.33. The van der Waals surface area contributed by atoms with E-state index in [4.69, 9.17) is 30.5 Å². The van der Waals surface area contributed by atoms with E-state index in [1.54, 1.807) is 6.07 Å². The third-order valence-electron chi connectivity index (χ3n) is 8.56. The van der Waals surface area contributed by atoms with E-state index in [-0.39, 0.29) is 0 Å². The normalized spacial score (nSPS) is 16.3. The van der Waals surface area contributed by atoms with Crippen molar-refractivity contribution in [1.29, 1.82) is 5.26 Å². The van der Waals surface area contributed by atoms with Gasteiger partial charge in [-0.3, -0.25) is 4.90 Å². The summed E-state index contributed by atoms with van der Waals surface area (Å²) < 4.78 is 24.3. The van der Waals surface area contributed by atoms with Gasteiger partial charge >= 0.3 is 0 Å². The fourth-order valence-electron chi connectivity index (χ4n) is 5.97. The van der Waals surface area contributed by atoms with Crippen molar-refractivity contribution in [2.45, 2.75) is 58.9 Å². The molecule has 0 N–H and O–H groups in total. The van der Waals surface area contributed by atoms with Gasteiger partial charge in [0.2, 0.25) is 0 Å². The van der Waals surface area contributed by atoms with Gasteiger partial charge in [-0.15, -0.1) is 0 Å². The smallest absolute Gasteiger partial charge is 0.161 e. The van der Waals surface area contributed by atoms with Crippen LogP contribution in [0.25, 0.3) is 11.1 Å². The van der Waals surface area contributed by atoms with Gasteiger partial charge in [-0.1, -0.05) is 54.4 Å². The Morgan fingerprint density at radius 3 is 2.55 bits per heavy atom. The van der Waals surface area contributed by atoms with Crippen molar-refractivity contribution in [2.24, 2.45) is 0 Å². The van der Waals surface area contributed by atoms with Crippen molar-refractivity contribution in [1.82, 2.24) is 4.90 Å². The Balaban J connectivity index is 1.24. The Morgan fingerprint density at radius 1 is 0.886 bits per heavy atom. The number of hydrogen-bond acceptors (Lipinski definition) is 6. The number of nitrogens with zero attached hydrogens (tertiary/aromatic N) is 2. The van der Waals surface area contributed by atoms with Crippen LogP contribution in [0, 0.1) is 18.3 Å². The zero-order valence-electron chi connectivity index (χ0n) is 25.3. The van der Waals surface area contributed by atoms with Crippen molar-refractivity contribution in [3.63, 3.8) is 0 Å². The number of piperidine rings is 1. The van der Waals surface area contributed by atoms with Gasteiger partial charge in [-0.2, -0.15) is 5.26 Å². The molecule has 0 spiro atoms. The second-order valence-electron chi connectivity index (χ2n) is 11.5. The Kier molecular flexibility index (Phi) is 9.26. The fraction of sp³-hybridized carbons (Fsp3) is 0.324. The van der Waals surface area contributed by atoms with Gasteiger partial charge in [-0.25, -0.2) is 0 Å². The molecule has 0 radical (unpaired) electrons. The first-order chi connectivity index (χ1) is 21.5. The van der Waals surface area contributed by atoms with Gasteiger partial charge in [0.1, 0.15) is 37.9 Å². The summed E-state index contributed by atoms with van der Waals surface area (Å²) in [5, 5.41) is 9.89. The number of likely N-dealkylation sites (tertiary alicyclic amines) is 1. The van der Waals surface area contributed by atoms with Crippen LogP contribution in [0.1, 0.15) is 54.0 Å². The lowest BCUT2D eigenvalue weighted by Crippen LogP contribution is -2.36. The van der Waals surface area contributed by atoms with Crippen LogP contribution in [0.15, 0.2) is 72.8 Å². The molecule has 2 heterocycles. The molecule has 1 saturated heterocycles. The molecule has 0 amide bonds. The summed E-state index contributed by atoms with van der Waals surface area (Å²) in [6.45, 7) is 8.03. The number of hydrogen-bond donors (Lipinski definition) is 0. The van der Waals surface area contributed by atoms with Gasteiger partial charge in [0.05, 0.1) is 16.7 Å². The highest BCUT2D eigenvalue weighted by Crippen LogP contribution is 2.38. The minimum atomic E-state index is 0.343. The molecule has 7 heteroatoms. The first kappa shape index (κ1) is 29.9. The molecule has 6 rings (SSSR count). The zero-order chi connectivity index (χ0) is 30.5. The molecule has 1 fully saturated rings. The summed E-state index contributed by atoms with van der Waals surface area (Å²) in [7, 11) is 0. The molecule has 1 atom stereocenters. The summed E-state index contributed by atoms with van der Waals surface area (Å²) in [5.41, 5.74) is 6.96. The lowest BCUT2D eigenvalue weighted by Gasteiger charge is -2.33. The second kappa shape index (κ2) is 13.6. The van der Waals surface area contributed by atoms with E-state index < -0.39 is 0 Å². The number of rotatable bonds is 9. The Hall–Kier alpha value is -4.18. The SMILES string of the molecule is Cc1c(COc2cc(OCc3cccc(C#N)c3)c(CN3CCCC[C@H]3C)cc2Cl)cccc1-c1ccc2c(c1)OCCO2. The van der Waals surface area contributed by atoms with Gasteiger partial charge in [-0.05, 0) is 91.4 Å². The van der Waals surface area contributed by atoms with Gasteiger partial charge < -0.3 is 18.9 Å². The number of halogens is 1. The highest BCUT2D eigenvalue weighted by Gasteiger charge is 2.22. The van der Waals surface area contributed by atoms with E-state index >= 15 is 0 Å². The summed E-state index contributed by atoms with van der Waals surface area (Å²) >= 11 is 6.85. The van der Waals surface area contributed by atoms with E-state index in [1.807, 2.05) is 48.5 Å². The Labute approximate surface area is 264 Å². The van der Waals surface area contributed by atoms with Crippen LogP contribution in [0.4, 0.5) is 0 Å². The average Bonchev–Trinajstić information content (AvgIpc) is 3.05. The standard InChI is InChI=1S/C37H37ClN2O4/c1-25-7-3-4-14-40(25)22-31-18-33(38)36(20-35(31)43-23-28-9-5-8-27(17-28)21-39)44-24-30-10-6-11-32(26(30)2)29-12-13-34-37(19-29)42-16-15-41-34/h5-6,8-13,17-20,25H,3-4,7,14-16,22-24H2,1-2H3/t25-/m1/s1. The van der Waals surface area contributed by atoms with Crippen molar-refractivity contribution in [2.75, 3.05) is 19.8 Å². The highest BCUT2D eigenvalue weighted by molar-refractivity contribution is 6.32. The van der Waals surface area contributed by atoms with E-state index in [2.05, 4.69) is 43.0 Å². The van der Waals surface area contributed by atoms with Crippen LogP contribution in [0.2, 0.25) is 5.02 Å². The molecular formula is C37H37ClN2O4. The molecule has 0 unspecified atom stereocenters. The highest BCUT2D eigenvalue weighted by atomic mass is 35.5. The third kappa shape index (κ3) is 6.80. The number of ether oxygens (including phenoxy) is 4. The monoisotopic (exact) mass is 608 g/mol. The van der Waals surface area contributed by atoms with E-state index in [1.165, 1.54) is 19.3 Å². The van der Waals surface area contributed by atoms with Crippen LogP contribution in [-0.4, -0.2) is 30.7 Å². The molecule has 2 aliphatic heterocycles. The molecule has 0 saturated carbocycles. The molecule has 226 valence electrons. The third-order valence-corrected chi connectivity index (χ3v) is 8.86. The topological polar surface area (TPSA) is 64.0 Å². The summed E-state index contributed by atoms with van der Waals surface area (Å²) in [6.07, 6.45) is 3.65. The number of benzene rings is 4. The van der Waals surface area contributed by atoms with Crippen LogP contribution in [-0.2, 0) is 19.8 Å². The summed E-state index contributed by atoms with van der Waals surface area (Å²) in [5.74, 6) is 2.87. The maximum Gasteiger partial charge on any atom is 0.161 e. The average molecular weight is 609 g/mol. The number of fused-ring (bicyclic) bond motifs is 1. The van der Waals surface area contributed by atoms with Crippen molar-refractivity contribution in [3.8, 4) is 40.2 Å². The van der Waals surface area contributed by atoms with Crippen molar-refractivity contribution >= 4 is 11.6 Å². The van der Waals surface area contributed by atoms with E-state index in [9.17, 15) is 5.26 Å². The van der Waals surface area contributed by atoms with Crippen LogP contribution >= 0.6 is 11.6 Å². The second-order valence-corrected chi connectivity index (χ2v) is 12.0. The predicted octanol–water partition coefficient (Wildman–Crippen LogP) is 8.49. The fourth-order valence-corrected chi connectivity index (χ4v) is 6.21. The van der Waals surface area contributed by atoms with Crippen LogP contribution < -0.4 is 18.9 Å². The molecule has 0 aliphatic carbocycles.